The molecule has 0 heterocycles. The van der Waals surface area contributed by atoms with E-state index in [1.54, 1.807) is 0 Å². The summed E-state index contributed by atoms with van der Waals surface area (Å²) in [4.78, 5) is 0. The second kappa shape index (κ2) is 19.6. The van der Waals surface area contributed by atoms with Gasteiger partial charge >= 0.3 is 8.60 Å². The molecule has 0 amide bonds. The molecule has 0 aliphatic heterocycles. The lowest BCUT2D eigenvalue weighted by Gasteiger charge is -2.47. The molecule has 12 heteroatoms. The molecular weight excluding hydrogens is 664 g/mol. The van der Waals surface area contributed by atoms with Gasteiger partial charge in [-0.25, -0.2) is 0 Å². The first-order valence-electron chi connectivity index (χ1n) is 15.3. The third-order valence-corrected chi connectivity index (χ3v) is 61.4. The Kier molecular flexibility index (Phi) is 18.3. The highest BCUT2D eigenvalue weighted by Crippen LogP contribution is 2.61. The fourth-order valence-electron chi connectivity index (χ4n) is 5.85. The van der Waals surface area contributed by atoms with Crippen LogP contribution in [-0.4, -0.2) is 79.5 Å². The summed E-state index contributed by atoms with van der Waals surface area (Å²) in [7, 11) is 8.18. The van der Waals surface area contributed by atoms with E-state index in [2.05, 4.69) is 115 Å². The van der Waals surface area contributed by atoms with E-state index < -0.39 is 31.8 Å². The van der Waals surface area contributed by atoms with Crippen molar-refractivity contribution in [3.8, 4) is 17.2 Å². The lowest BCUT2D eigenvalue weighted by atomic mass is 10.3. The van der Waals surface area contributed by atoms with E-state index in [1.807, 2.05) is 91.0 Å². The summed E-state index contributed by atoms with van der Waals surface area (Å²) in [6, 6.07) is 28.5. The molecule has 0 spiro atoms. The predicted molar refractivity (Wildman–Crippen MR) is 213 cm³/mol. The molecule has 252 valence electrons. The lowest BCUT2D eigenvalue weighted by molar-refractivity contribution is 0.388. The van der Waals surface area contributed by atoms with Crippen LogP contribution in [0.5, 0.6) is 17.2 Å². The Morgan fingerprint density at radius 1 is 0.400 bits per heavy atom. The quantitative estimate of drug-likeness (QED) is 0.137. The minimum absolute atomic E-state index is 0.238. The first-order valence-corrected chi connectivity index (χ1v) is 32.0. The van der Waals surface area contributed by atoms with Crippen molar-refractivity contribution >= 4 is 46.8 Å². The molecule has 0 aliphatic rings. The normalized spacial score (nSPS) is 12.2. The number of hydrogen-bond donors (Lipinski definition) is 0. The molecular formula is C33H60N3O3P3Si3. The standard InChI is InChI=1S/C18H15O3P.C9H27PSi3.C6H18N3P/c1-4-10-16(11-5-1)19-22(20-17-12-6-2-7-13-17)21-18-14-8-3-9-15-18;1-11(2,3)10(12(4,5)6)13(7,8)9;1-7(2)10(8(3)4)9(5)6/h1-15H;1-9H3;1-6H3. The fourth-order valence-corrected chi connectivity index (χ4v) is 87.5. The van der Waals surface area contributed by atoms with Crippen LogP contribution in [0.2, 0.25) is 58.9 Å². The largest absolute Gasteiger partial charge is 0.530 e. The molecule has 0 saturated heterocycles. The zero-order chi connectivity index (χ0) is 34.4. The van der Waals surface area contributed by atoms with Crippen LogP contribution in [0, 0.1) is 0 Å². The van der Waals surface area contributed by atoms with E-state index in [4.69, 9.17) is 13.6 Å². The molecule has 45 heavy (non-hydrogen) atoms. The Hall–Kier alpha value is -1.12. The van der Waals surface area contributed by atoms with E-state index in [1.165, 1.54) is 0 Å². The predicted octanol–water partition coefficient (Wildman–Crippen LogP) is 11.3. The van der Waals surface area contributed by atoms with Crippen molar-refractivity contribution in [3.63, 3.8) is 0 Å². The topological polar surface area (TPSA) is 37.4 Å². The minimum atomic E-state index is -1.59. The van der Waals surface area contributed by atoms with Crippen molar-refractivity contribution in [2.24, 2.45) is 0 Å². The van der Waals surface area contributed by atoms with Gasteiger partial charge < -0.3 is 13.6 Å². The molecule has 3 aromatic carbocycles. The molecule has 0 aliphatic carbocycles. The van der Waals surface area contributed by atoms with Crippen molar-refractivity contribution < 1.29 is 13.6 Å². The summed E-state index contributed by atoms with van der Waals surface area (Å²) in [5.74, 6) is 2.13. The summed E-state index contributed by atoms with van der Waals surface area (Å²) in [6.45, 7) is 23.8. The van der Waals surface area contributed by atoms with Crippen molar-refractivity contribution in [1.29, 1.82) is 0 Å². The molecule has 3 rings (SSSR count). The molecule has 6 nitrogen and oxygen atoms in total. The second-order valence-electron chi connectivity index (χ2n) is 14.1. The Balaban J connectivity index is 0.000000377. The smallest absolute Gasteiger partial charge is 0.409 e. The van der Waals surface area contributed by atoms with Crippen molar-refractivity contribution in [2.75, 3.05) is 42.3 Å². The molecule has 0 radical (unpaired) electrons. The Morgan fingerprint density at radius 2 is 0.622 bits per heavy atom. The summed E-state index contributed by atoms with van der Waals surface area (Å²) < 4.78 is 24.2. The van der Waals surface area contributed by atoms with Gasteiger partial charge in [0.2, 0.25) is 0 Å². The Bertz CT molecular complexity index is 1040. The third kappa shape index (κ3) is 17.0. The van der Waals surface area contributed by atoms with Crippen LogP contribution in [0.1, 0.15) is 0 Å². The van der Waals surface area contributed by atoms with Crippen molar-refractivity contribution in [1.82, 2.24) is 14.0 Å². The van der Waals surface area contributed by atoms with Crippen LogP contribution in [0.15, 0.2) is 91.0 Å². The number of rotatable bonds is 12. The highest BCUT2D eigenvalue weighted by molar-refractivity contribution is 8.37. The highest BCUT2D eigenvalue weighted by Gasteiger charge is 2.44. The van der Waals surface area contributed by atoms with Crippen LogP contribution < -0.4 is 13.6 Å². The zero-order valence-corrected chi connectivity index (χ0v) is 36.3. The molecule has 0 N–H and O–H groups in total. The van der Waals surface area contributed by atoms with E-state index in [0.29, 0.717) is 23.8 Å². The van der Waals surface area contributed by atoms with Gasteiger partial charge in [0.15, 0.2) is 0 Å². The van der Waals surface area contributed by atoms with E-state index in [0.717, 1.165) is 0 Å². The van der Waals surface area contributed by atoms with Gasteiger partial charge in [0, 0.05) is 0 Å². The summed E-state index contributed by atoms with van der Waals surface area (Å²) >= 11 is 0. The average Bonchev–Trinajstić information content (AvgIpc) is 2.88. The summed E-state index contributed by atoms with van der Waals surface area (Å²) in [5.41, 5.74) is 0. The van der Waals surface area contributed by atoms with Crippen LogP contribution in [-0.2, 0) is 0 Å². The number of nitrogens with zero attached hydrogens (tertiary/aromatic N) is 3. The zero-order valence-electron chi connectivity index (χ0n) is 30.6. The molecule has 0 bridgehead atoms. The SMILES string of the molecule is CN(C)P(N(C)C)N(C)C.C[Si](C)(C)P([Si](C)(C)C)[Si](C)(C)C.c1ccc(OP(Oc2ccccc2)Oc2ccccc2)cc1. The minimum Gasteiger partial charge on any atom is -0.409 e. The first-order chi connectivity index (χ1) is 20.7. The Labute approximate surface area is 282 Å². The van der Waals surface area contributed by atoms with Crippen molar-refractivity contribution in [2.45, 2.75) is 58.9 Å². The maximum Gasteiger partial charge on any atom is 0.530 e. The van der Waals surface area contributed by atoms with Gasteiger partial charge in [-0.1, -0.05) is 114 Å². The highest BCUT2D eigenvalue weighted by atomic mass is 31.8. The van der Waals surface area contributed by atoms with Crippen LogP contribution in [0.3, 0.4) is 0 Å². The van der Waals surface area contributed by atoms with Crippen molar-refractivity contribution in [3.05, 3.63) is 91.0 Å². The summed E-state index contributed by atoms with van der Waals surface area (Å²) in [6.07, 6.45) is 0. The van der Waals surface area contributed by atoms with Gasteiger partial charge in [-0.2, -0.15) is 0 Å². The Morgan fingerprint density at radius 3 is 0.756 bits per heavy atom. The van der Waals surface area contributed by atoms with Gasteiger partial charge in [0.05, 0.1) is 23.2 Å². The monoisotopic (exact) mass is 723 g/mol. The number of hydrogen-bond acceptors (Lipinski definition) is 6. The fraction of sp³-hybridized carbons (Fsp3) is 0.455. The van der Waals surface area contributed by atoms with Gasteiger partial charge in [-0.05, 0) is 78.7 Å². The van der Waals surface area contributed by atoms with Crippen LogP contribution in [0.4, 0.5) is 0 Å². The number of para-hydroxylation sites is 3. The molecule has 0 atom stereocenters. The average molecular weight is 724 g/mol. The third-order valence-electron chi connectivity index (χ3n) is 5.86. The van der Waals surface area contributed by atoms with E-state index in [9.17, 15) is 0 Å². The second-order valence-corrected chi connectivity index (χ2v) is 51.8. The van der Waals surface area contributed by atoms with Crippen LogP contribution >= 0.6 is 23.5 Å². The number of benzene rings is 3. The van der Waals surface area contributed by atoms with Gasteiger partial charge in [0.25, 0.3) is 0 Å². The van der Waals surface area contributed by atoms with Crippen LogP contribution in [0.25, 0.3) is 0 Å². The molecule has 3 aromatic rings. The van der Waals surface area contributed by atoms with E-state index in [-0.39, 0.29) is 8.37 Å². The maximum atomic E-state index is 5.84. The molecule has 0 aromatic heterocycles. The lowest BCUT2D eigenvalue weighted by Crippen LogP contribution is -2.43. The molecule has 0 unspecified atom stereocenters. The molecule has 0 saturated carbocycles. The molecule has 0 fully saturated rings. The van der Waals surface area contributed by atoms with E-state index >= 15 is 0 Å². The summed E-state index contributed by atoms with van der Waals surface area (Å²) in [5, 5.41) is 0. The first kappa shape index (κ1) is 41.9. The van der Waals surface area contributed by atoms with Gasteiger partial charge in [0.1, 0.15) is 25.6 Å². The van der Waals surface area contributed by atoms with Gasteiger partial charge in [-0.15, -0.1) is 6.57 Å². The van der Waals surface area contributed by atoms with Gasteiger partial charge in [-0.3, -0.25) is 14.0 Å². The maximum absolute atomic E-state index is 5.84.